The number of aromatic nitrogens is 3. The van der Waals surface area contributed by atoms with E-state index in [-0.39, 0.29) is 12.5 Å². The third kappa shape index (κ3) is 3.51. The minimum atomic E-state index is 0.140. The molecule has 0 aliphatic rings. The van der Waals surface area contributed by atoms with Crippen molar-refractivity contribution in [2.45, 2.75) is 52.4 Å². The lowest BCUT2D eigenvalue weighted by Gasteiger charge is -2.15. The predicted octanol–water partition coefficient (Wildman–Crippen LogP) is 4.85. The zero-order chi connectivity index (χ0) is 20.4. The molecule has 3 aromatic heterocycles. The number of anilines is 1. The van der Waals surface area contributed by atoms with Gasteiger partial charge in [-0.25, -0.2) is 9.97 Å². The van der Waals surface area contributed by atoms with Crippen LogP contribution in [0.5, 0.6) is 0 Å². The molecule has 0 saturated carbocycles. The highest BCUT2D eigenvalue weighted by atomic mass is 16.3. The fraction of sp³-hybridized carbons (Fsp3) is 0.478. The molecule has 3 rings (SSSR count). The summed E-state index contributed by atoms with van der Waals surface area (Å²) in [5.41, 5.74) is 6.41. The normalized spacial score (nSPS) is 12.7. The molecule has 0 aliphatic heterocycles. The zero-order valence-electron chi connectivity index (χ0n) is 17.9. The van der Waals surface area contributed by atoms with Crippen molar-refractivity contribution in [1.82, 2.24) is 14.5 Å². The summed E-state index contributed by atoms with van der Waals surface area (Å²) in [6.45, 7) is 8.74. The summed E-state index contributed by atoms with van der Waals surface area (Å²) in [5, 5.41) is 14.2. The molecule has 3 heterocycles. The van der Waals surface area contributed by atoms with Crippen molar-refractivity contribution in [1.29, 1.82) is 0 Å². The van der Waals surface area contributed by atoms with E-state index >= 15 is 0 Å². The van der Waals surface area contributed by atoms with Crippen molar-refractivity contribution < 1.29 is 5.11 Å². The fourth-order valence-electron chi connectivity index (χ4n) is 3.82. The van der Waals surface area contributed by atoms with Gasteiger partial charge in [0.05, 0.1) is 5.69 Å². The number of nitrogens with one attached hydrogen (secondary N) is 1. The molecule has 0 aliphatic carbocycles. The van der Waals surface area contributed by atoms with Crippen LogP contribution in [0.25, 0.3) is 22.3 Å². The number of hydrogen-bond acceptors (Lipinski definition) is 4. The molecule has 0 unspecified atom stereocenters. The van der Waals surface area contributed by atoms with E-state index in [2.05, 4.69) is 62.0 Å². The van der Waals surface area contributed by atoms with Crippen molar-refractivity contribution in [3.05, 3.63) is 41.2 Å². The van der Waals surface area contributed by atoms with Gasteiger partial charge in [-0.3, -0.25) is 0 Å². The molecule has 0 spiro atoms. The Balaban J connectivity index is 2.24. The first kappa shape index (κ1) is 20.3. The highest BCUT2D eigenvalue weighted by molar-refractivity contribution is 5.87. The topological polar surface area (TPSA) is 63.0 Å². The molecule has 3 aromatic rings. The Morgan fingerprint density at radius 3 is 2.50 bits per heavy atom. The van der Waals surface area contributed by atoms with Gasteiger partial charge in [0.15, 0.2) is 0 Å². The smallest absolute Gasteiger partial charge is 0.140 e. The van der Waals surface area contributed by atoms with Crippen LogP contribution < -0.4 is 5.32 Å². The van der Waals surface area contributed by atoms with Gasteiger partial charge in [-0.2, -0.15) is 0 Å². The highest BCUT2D eigenvalue weighted by Gasteiger charge is 2.20. The summed E-state index contributed by atoms with van der Waals surface area (Å²) >= 11 is 0. The van der Waals surface area contributed by atoms with E-state index in [9.17, 15) is 5.11 Å². The van der Waals surface area contributed by atoms with Crippen molar-refractivity contribution >= 4 is 16.9 Å². The molecule has 1 atom stereocenters. The Hall–Kier alpha value is -2.40. The average Bonchev–Trinajstić information content (AvgIpc) is 3.03. The van der Waals surface area contributed by atoms with E-state index in [0.29, 0.717) is 5.92 Å². The summed E-state index contributed by atoms with van der Waals surface area (Å²) < 4.78 is 2.07. The minimum absolute atomic E-state index is 0.140. The number of hydrogen-bond donors (Lipinski definition) is 2. The van der Waals surface area contributed by atoms with Crippen molar-refractivity contribution in [3.63, 3.8) is 0 Å². The van der Waals surface area contributed by atoms with Crippen LogP contribution in [0.2, 0.25) is 0 Å². The number of fused-ring (bicyclic) bond motifs is 1. The summed E-state index contributed by atoms with van der Waals surface area (Å²) in [7, 11) is 3.94. The van der Waals surface area contributed by atoms with Crippen LogP contribution in [0.1, 0.15) is 62.8 Å². The van der Waals surface area contributed by atoms with Gasteiger partial charge in [-0.15, -0.1) is 0 Å². The minimum Gasteiger partial charge on any atom is -0.396 e. The quantitative estimate of drug-likeness (QED) is 0.615. The lowest BCUT2D eigenvalue weighted by atomic mass is 9.95. The van der Waals surface area contributed by atoms with Gasteiger partial charge in [0.25, 0.3) is 0 Å². The molecular weight excluding hydrogens is 348 g/mol. The molecule has 5 heteroatoms. The Morgan fingerprint density at radius 2 is 1.93 bits per heavy atom. The molecule has 0 saturated heterocycles. The molecule has 150 valence electrons. The lowest BCUT2D eigenvalue weighted by Crippen LogP contribution is -2.04. The SMILES string of the molecule is CCc1cc2c([C@H](CC)CO)cn(C)c2nc1-c1ccc(C(C)C)nc1NC. The van der Waals surface area contributed by atoms with Crippen molar-refractivity contribution in [2.75, 3.05) is 19.0 Å². The van der Waals surface area contributed by atoms with Crippen LogP contribution in [0.4, 0.5) is 5.82 Å². The second-order valence-electron chi connectivity index (χ2n) is 7.74. The maximum Gasteiger partial charge on any atom is 0.140 e. The van der Waals surface area contributed by atoms with Gasteiger partial charge < -0.3 is 15.0 Å². The molecule has 0 radical (unpaired) electrons. The number of aryl methyl sites for hydroxylation is 2. The number of pyridine rings is 2. The monoisotopic (exact) mass is 380 g/mol. The van der Waals surface area contributed by atoms with Crippen LogP contribution in [0, 0.1) is 0 Å². The molecule has 28 heavy (non-hydrogen) atoms. The van der Waals surface area contributed by atoms with E-state index in [0.717, 1.165) is 46.6 Å². The Bertz CT molecular complexity index is 970. The maximum atomic E-state index is 9.80. The van der Waals surface area contributed by atoms with E-state index in [1.807, 2.05) is 14.1 Å². The van der Waals surface area contributed by atoms with Gasteiger partial charge in [0, 0.05) is 49.5 Å². The number of aliphatic hydroxyl groups is 1. The first-order valence-corrected chi connectivity index (χ1v) is 10.2. The van der Waals surface area contributed by atoms with Gasteiger partial charge >= 0.3 is 0 Å². The summed E-state index contributed by atoms with van der Waals surface area (Å²) in [6.07, 6.45) is 3.91. The van der Waals surface area contributed by atoms with E-state index in [1.165, 1.54) is 11.1 Å². The van der Waals surface area contributed by atoms with Crippen LogP contribution in [0.3, 0.4) is 0 Å². The summed E-state index contributed by atoms with van der Waals surface area (Å²) in [5.74, 6) is 1.38. The lowest BCUT2D eigenvalue weighted by molar-refractivity contribution is 0.263. The first-order valence-electron chi connectivity index (χ1n) is 10.2. The second kappa shape index (κ2) is 8.31. The second-order valence-corrected chi connectivity index (χ2v) is 7.74. The number of aliphatic hydroxyl groups excluding tert-OH is 1. The van der Waals surface area contributed by atoms with Crippen LogP contribution in [-0.2, 0) is 13.5 Å². The molecule has 0 fully saturated rings. The largest absolute Gasteiger partial charge is 0.396 e. The Kier molecular flexibility index (Phi) is 6.04. The van der Waals surface area contributed by atoms with Gasteiger partial charge in [-0.05, 0) is 48.1 Å². The Labute approximate surface area is 167 Å². The van der Waals surface area contributed by atoms with Crippen LogP contribution >= 0.6 is 0 Å². The van der Waals surface area contributed by atoms with E-state index in [1.54, 1.807) is 0 Å². The van der Waals surface area contributed by atoms with Gasteiger partial charge in [0.2, 0.25) is 0 Å². The average molecular weight is 381 g/mol. The van der Waals surface area contributed by atoms with E-state index < -0.39 is 0 Å². The van der Waals surface area contributed by atoms with Gasteiger partial charge in [-0.1, -0.05) is 27.7 Å². The van der Waals surface area contributed by atoms with Crippen LogP contribution in [-0.4, -0.2) is 33.3 Å². The highest BCUT2D eigenvalue weighted by Crippen LogP contribution is 2.35. The molecule has 5 nitrogen and oxygen atoms in total. The Morgan fingerprint density at radius 1 is 1.18 bits per heavy atom. The maximum absolute atomic E-state index is 9.80. The molecular formula is C23H32N4O. The predicted molar refractivity (Wildman–Crippen MR) is 117 cm³/mol. The third-order valence-corrected chi connectivity index (χ3v) is 5.59. The van der Waals surface area contributed by atoms with Crippen molar-refractivity contribution in [2.24, 2.45) is 7.05 Å². The molecule has 0 aromatic carbocycles. The summed E-state index contributed by atoms with van der Waals surface area (Å²) in [4.78, 5) is 9.89. The van der Waals surface area contributed by atoms with Crippen molar-refractivity contribution in [3.8, 4) is 11.3 Å². The molecule has 2 N–H and O–H groups in total. The molecule has 0 amide bonds. The first-order chi connectivity index (χ1) is 13.4. The van der Waals surface area contributed by atoms with E-state index in [4.69, 9.17) is 9.97 Å². The fourth-order valence-corrected chi connectivity index (χ4v) is 3.82. The summed E-state index contributed by atoms with van der Waals surface area (Å²) in [6, 6.07) is 6.48. The third-order valence-electron chi connectivity index (χ3n) is 5.59. The number of nitrogens with zero attached hydrogens (tertiary/aromatic N) is 3. The molecule has 0 bridgehead atoms. The zero-order valence-corrected chi connectivity index (χ0v) is 17.9. The number of rotatable bonds is 7. The standard InChI is InChI=1S/C23H32N4O/c1-7-15-11-18-19(16(8-2)13-28)12-27(6)23(18)26-21(15)17-9-10-20(14(3)4)25-22(17)24-5/h9-12,14,16,28H,7-8,13H2,1-6H3,(H,24,25)/t16-/m1/s1. The van der Waals surface area contributed by atoms with Gasteiger partial charge in [0.1, 0.15) is 11.5 Å². The van der Waals surface area contributed by atoms with Crippen LogP contribution in [0.15, 0.2) is 24.4 Å².